The van der Waals surface area contributed by atoms with Gasteiger partial charge in [0.15, 0.2) is 0 Å². The lowest BCUT2D eigenvalue weighted by molar-refractivity contribution is -0.118. The number of amides is 1. The van der Waals surface area contributed by atoms with Gasteiger partial charge in [-0.1, -0.05) is 0 Å². The van der Waals surface area contributed by atoms with Crippen LogP contribution in [0.4, 0.5) is 0 Å². The van der Waals surface area contributed by atoms with E-state index in [1.165, 1.54) is 6.92 Å². The van der Waals surface area contributed by atoms with Gasteiger partial charge in [0, 0.05) is 24.9 Å². The Balaban J connectivity index is 2.73. The summed E-state index contributed by atoms with van der Waals surface area (Å²) in [6, 6.07) is 3.67. The molecule has 0 saturated heterocycles. The van der Waals surface area contributed by atoms with E-state index in [2.05, 4.69) is 15.5 Å². The monoisotopic (exact) mass is 177 g/mol. The number of hydrogen-bond acceptors (Lipinski definition) is 3. The number of carbonyl (C=O) groups is 1. The highest BCUT2D eigenvalue weighted by atomic mass is 16.2. The smallest absolute Gasteiger partial charge is 0.236 e. The van der Waals surface area contributed by atoms with Gasteiger partial charge < -0.3 is 0 Å². The first-order valence-electron chi connectivity index (χ1n) is 3.91. The van der Waals surface area contributed by atoms with Crippen LogP contribution in [0.25, 0.3) is 0 Å². The average molecular weight is 177 g/mol. The third-order valence-electron chi connectivity index (χ3n) is 1.48. The van der Waals surface area contributed by atoms with Gasteiger partial charge in [0.1, 0.15) is 0 Å². The minimum Gasteiger partial charge on any atom is -0.274 e. The Labute approximate surface area is 76.7 Å². The fraction of sp³-hybridized carbons (Fsp3) is 0.222. The van der Waals surface area contributed by atoms with Crippen LogP contribution in [0.5, 0.6) is 0 Å². The number of nitrogens with one attached hydrogen (secondary N) is 1. The summed E-state index contributed by atoms with van der Waals surface area (Å²) in [6.45, 7) is 3.24. The number of rotatable bonds is 2. The largest absolute Gasteiger partial charge is 0.274 e. The van der Waals surface area contributed by atoms with Crippen molar-refractivity contribution in [1.29, 1.82) is 0 Å². The van der Waals surface area contributed by atoms with Crippen molar-refractivity contribution in [1.82, 2.24) is 10.4 Å². The van der Waals surface area contributed by atoms with E-state index in [1.54, 1.807) is 12.4 Å². The van der Waals surface area contributed by atoms with Crippen molar-refractivity contribution in [3.8, 4) is 0 Å². The maximum Gasteiger partial charge on any atom is 0.236 e. The summed E-state index contributed by atoms with van der Waals surface area (Å²) in [5.41, 5.74) is 4.08. The van der Waals surface area contributed by atoms with Gasteiger partial charge in [-0.25, -0.2) is 5.43 Å². The molecule has 0 aliphatic rings. The molecule has 0 aromatic carbocycles. The Hall–Kier alpha value is -1.71. The van der Waals surface area contributed by atoms with Crippen LogP contribution in [-0.2, 0) is 4.79 Å². The Morgan fingerprint density at radius 2 is 2.00 bits per heavy atom. The van der Waals surface area contributed by atoms with Crippen molar-refractivity contribution in [2.24, 2.45) is 5.10 Å². The van der Waals surface area contributed by atoms with Crippen LogP contribution < -0.4 is 5.43 Å². The molecule has 0 aliphatic carbocycles. The summed E-state index contributed by atoms with van der Waals surface area (Å²) in [4.78, 5) is 14.4. The molecule has 4 nitrogen and oxygen atoms in total. The fourth-order valence-corrected chi connectivity index (χ4v) is 0.820. The summed E-state index contributed by atoms with van der Waals surface area (Å²) in [5, 5.41) is 3.88. The van der Waals surface area contributed by atoms with E-state index in [4.69, 9.17) is 0 Å². The first kappa shape index (κ1) is 9.38. The van der Waals surface area contributed by atoms with Gasteiger partial charge in [-0.15, -0.1) is 0 Å². The highest BCUT2D eigenvalue weighted by Crippen LogP contribution is 1.97. The molecule has 1 rings (SSSR count). The van der Waals surface area contributed by atoms with Crippen molar-refractivity contribution in [3.63, 3.8) is 0 Å². The molecule has 0 fully saturated rings. The summed E-state index contributed by atoms with van der Waals surface area (Å²) in [7, 11) is 0. The maximum absolute atomic E-state index is 10.5. The zero-order chi connectivity index (χ0) is 9.68. The van der Waals surface area contributed by atoms with Gasteiger partial charge in [0.25, 0.3) is 0 Å². The Morgan fingerprint density at radius 1 is 1.38 bits per heavy atom. The van der Waals surface area contributed by atoms with E-state index in [1.807, 2.05) is 19.1 Å². The molecule has 1 heterocycles. The van der Waals surface area contributed by atoms with Crippen molar-refractivity contribution in [2.45, 2.75) is 13.8 Å². The summed E-state index contributed by atoms with van der Waals surface area (Å²) in [5.74, 6) is -0.173. The number of carbonyl (C=O) groups excluding carboxylic acids is 1. The van der Waals surface area contributed by atoms with Crippen LogP contribution in [0.1, 0.15) is 19.4 Å². The number of hydrazone groups is 1. The van der Waals surface area contributed by atoms with Gasteiger partial charge in [-0.2, -0.15) is 5.10 Å². The zero-order valence-corrected chi connectivity index (χ0v) is 7.61. The predicted molar refractivity (Wildman–Crippen MR) is 50.3 cm³/mol. The van der Waals surface area contributed by atoms with Gasteiger partial charge in [-0.05, 0) is 19.1 Å². The molecule has 0 radical (unpaired) electrons. The molecule has 1 amide bonds. The Morgan fingerprint density at radius 3 is 2.54 bits per heavy atom. The van der Waals surface area contributed by atoms with Gasteiger partial charge in [0.2, 0.25) is 5.91 Å². The second-order valence-electron chi connectivity index (χ2n) is 2.60. The molecule has 68 valence electrons. The molecule has 0 saturated carbocycles. The van der Waals surface area contributed by atoms with Crippen LogP contribution in [0.15, 0.2) is 29.6 Å². The summed E-state index contributed by atoms with van der Waals surface area (Å²) in [6.07, 6.45) is 3.37. The SMILES string of the molecule is CC(=O)N/N=C(\C)c1ccncc1. The van der Waals surface area contributed by atoms with Crippen LogP contribution in [0.3, 0.4) is 0 Å². The van der Waals surface area contributed by atoms with Crippen LogP contribution in [0, 0.1) is 0 Å². The van der Waals surface area contributed by atoms with Crippen LogP contribution >= 0.6 is 0 Å². The molecule has 0 atom stereocenters. The average Bonchev–Trinajstić information content (AvgIpc) is 2.15. The molecule has 1 aromatic heterocycles. The number of nitrogens with zero attached hydrogens (tertiary/aromatic N) is 2. The highest BCUT2D eigenvalue weighted by Gasteiger charge is 1.95. The molecule has 1 aromatic rings. The quantitative estimate of drug-likeness (QED) is 0.540. The van der Waals surface area contributed by atoms with Crippen molar-refractivity contribution >= 4 is 11.6 Å². The van der Waals surface area contributed by atoms with Gasteiger partial charge in [-0.3, -0.25) is 9.78 Å². The number of hydrogen-bond donors (Lipinski definition) is 1. The lowest BCUT2D eigenvalue weighted by Crippen LogP contribution is -2.14. The first-order valence-corrected chi connectivity index (χ1v) is 3.91. The lowest BCUT2D eigenvalue weighted by atomic mass is 10.2. The number of aromatic nitrogens is 1. The molecule has 4 heteroatoms. The first-order chi connectivity index (χ1) is 6.20. The third kappa shape index (κ3) is 3.02. The van der Waals surface area contributed by atoms with Crippen molar-refractivity contribution in [3.05, 3.63) is 30.1 Å². The zero-order valence-electron chi connectivity index (χ0n) is 7.61. The lowest BCUT2D eigenvalue weighted by Gasteiger charge is -1.99. The van der Waals surface area contributed by atoms with Crippen molar-refractivity contribution in [2.75, 3.05) is 0 Å². The molecule has 13 heavy (non-hydrogen) atoms. The summed E-state index contributed by atoms with van der Waals surface area (Å²) < 4.78 is 0. The molecule has 0 bridgehead atoms. The molecular formula is C9H11N3O. The maximum atomic E-state index is 10.5. The standard InChI is InChI=1S/C9H11N3O/c1-7(11-12-8(2)13)9-3-5-10-6-4-9/h3-6H,1-2H3,(H,12,13)/b11-7+. The fourth-order valence-electron chi connectivity index (χ4n) is 0.820. The van der Waals surface area contributed by atoms with Crippen LogP contribution in [-0.4, -0.2) is 16.6 Å². The van der Waals surface area contributed by atoms with Crippen molar-refractivity contribution < 1.29 is 4.79 Å². The molecule has 0 unspecified atom stereocenters. The topological polar surface area (TPSA) is 54.4 Å². The summed E-state index contributed by atoms with van der Waals surface area (Å²) >= 11 is 0. The van der Waals surface area contributed by atoms with Gasteiger partial charge in [0.05, 0.1) is 5.71 Å². The second kappa shape index (κ2) is 4.35. The van der Waals surface area contributed by atoms with E-state index < -0.39 is 0 Å². The molecule has 0 spiro atoms. The minimum atomic E-state index is -0.173. The second-order valence-corrected chi connectivity index (χ2v) is 2.60. The number of pyridine rings is 1. The van der Waals surface area contributed by atoms with E-state index in [0.717, 1.165) is 11.3 Å². The molecule has 0 aliphatic heterocycles. The van der Waals surface area contributed by atoms with E-state index in [-0.39, 0.29) is 5.91 Å². The van der Waals surface area contributed by atoms with E-state index >= 15 is 0 Å². The Kier molecular flexibility index (Phi) is 3.14. The Bertz CT molecular complexity index is 319. The molecular weight excluding hydrogens is 166 g/mol. The van der Waals surface area contributed by atoms with E-state index in [9.17, 15) is 4.79 Å². The van der Waals surface area contributed by atoms with Crippen LogP contribution in [0.2, 0.25) is 0 Å². The highest BCUT2D eigenvalue weighted by molar-refractivity contribution is 5.98. The normalized spacial score (nSPS) is 11.1. The predicted octanol–water partition coefficient (Wildman–Crippen LogP) is 0.942. The molecule has 1 N–H and O–H groups in total. The van der Waals surface area contributed by atoms with E-state index in [0.29, 0.717) is 0 Å². The van der Waals surface area contributed by atoms with Gasteiger partial charge >= 0.3 is 0 Å². The minimum absolute atomic E-state index is 0.173. The third-order valence-corrected chi connectivity index (χ3v) is 1.48.